The van der Waals surface area contributed by atoms with E-state index in [1.807, 2.05) is 5.32 Å². The molecule has 0 aliphatic rings. The number of nitrogens with two attached hydrogens (primary N) is 1. The molecular weight excluding hydrogens is 506 g/mol. The van der Waals surface area contributed by atoms with Crippen molar-refractivity contribution in [2.75, 3.05) is 6.61 Å². The Labute approximate surface area is 215 Å². The minimum absolute atomic E-state index is 0.0935. The lowest BCUT2D eigenvalue weighted by Crippen LogP contribution is -2.58. The summed E-state index contributed by atoms with van der Waals surface area (Å²) >= 11 is 0. The van der Waals surface area contributed by atoms with Gasteiger partial charge in [0.05, 0.1) is 19.1 Å². The smallest absolute Gasteiger partial charge is 0.326 e. The van der Waals surface area contributed by atoms with E-state index in [0.29, 0.717) is 5.56 Å². The Balaban J connectivity index is 2.23. The third-order valence-electron chi connectivity index (χ3n) is 5.55. The second kappa shape index (κ2) is 13.7. The fraction of sp³-hybridized carbons (Fsp3) is 0.391. The highest BCUT2D eigenvalue weighted by Gasteiger charge is 2.31. The van der Waals surface area contributed by atoms with Gasteiger partial charge in [0.15, 0.2) is 0 Å². The standard InChI is InChI=1S/C23H29N5O10/c24-13(5-6-18(30)31)20(34)26-15(7-11-9-25-14-4-2-1-3-12(11)14)21(35)28-17(10-29)22(36)27-16(23(37)38)8-19(32)33/h1-4,9,13,15-17,25,29H,5-8,10,24H2,(H,26,34)(H,27,36)(H,28,35)(H,30,31)(H,32,33)(H,37,38). The van der Waals surface area contributed by atoms with Crippen molar-refractivity contribution in [2.24, 2.45) is 5.73 Å². The molecule has 0 fully saturated rings. The molecule has 2 aromatic rings. The normalized spacial score (nSPS) is 14.1. The van der Waals surface area contributed by atoms with Gasteiger partial charge in [-0.1, -0.05) is 18.2 Å². The maximum absolute atomic E-state index is 13.1. The Morgan fingerprint density at radius 2 is 1.45 bits per heavy atom. The van der Waals surface area contributed by atoms with Gasteiger partial charge in [0, 0.05) is 29.9 Å². The van der Waals surface area contributed by atoms with Crippen LogP contribution in [0, 0.1) is 0 Å². The Hall–Kier alpha value is -4.50. The van der Waals surface area contributed by atoms with Crippen LogP contribution in [0.15, 0.2) is 30.5 Å². The van der Waals surface area contributed by atoms with Crippen LogP contribution in [0.2, 0.25) is 0 Å². The number of hydrogen-bond donors (Lipinski definition) is 9. The van der Waals surface area contributed by atoms with Crippen LogP contribution >= 0.6 is 0 Å². The van der Waals surface area contributed by atoms with Gasteiger partial charge in [-0.3, -0.25) is 24.0 Å². The van der Waals surface area contributed by atoms with Gasteiger partial charge in [-0.25, -0.2) is 4.79 Å². The number of aromatic amines is 1. The number of hydrogen-bond acceptors (Lipinski definition) is 8. The first kappa shape index (κ1) is 29.7. The fourth-order valence-electron chi connectivity index (χ4n) is 3.53. The summed E-state index contributed by atoms with van der Waals surface area (Å²) in [6.45, 7) is -0.969. The number of carbonyl (C=O) groups is 6. The molecular formula is C23H29N5O10. The van der Waals surface area contributed by atoms with E-state index in [2.05, 4.69) is 15.6 Å². The first-order valence-electron chi connectivity index (χ1n) is 11.4. The lowest BCUT2D eigenvalue weighted by molar-refractivity contribution is -0.147. The molecule has 0 radical (unpaired) electrons. The summed E-state index contributed by atoms with van der Waals surface area (Å²) in [4.78, 5) is 74.2. The van der Waals surface area contributed by atoms with Crippen molar-refractivity contribution < 1.29 is 49.2 Å². The number of carbonyl (C=O) groups excluding carboxylic acids is 3. The van der Waals surface area contributed by atoms with E-state index in [-0.39, 0.29) is 19.3 Å². The molecule has 1 aromatic heterocycles. The summed E-state index contributed by atoms with van der Waals surface area (Å²) in [6, 6.07) is 1.02. The van der Waals surface area contributed by atoms with E-state index >= 15 is 0 Å². The number of fused-ring (bicyclic) bond motifs is 1. The molecule has 38 heavy (non-hydrogen) atoms. The fourth-order valence-corrected chi connectivity index (χ4v) is 3.53. The van der Waals surface area contributed by atoms with E-state index in [1.165, 1.54) is 0 Å². The van der Waals surface area contributed by atoms with Gasteiger partial charge >= 0.3 is 17.9 Å². The van der Waals surface area contributed by atoms with E-state index in [0.717, 1.165) is 10.9 Å². The summed E-state index contributed by atoms with van der Waals surface area (Å²) in [5, 5.41) is 43.8. The van der Waals surface area contributed by atoms with Crippen molar-refractivity contribution in [1.29, 1.82) is 0 Å². The van der Waals surface area contributed by atoms with Crippen LogP contribution in [0.3, 0.4) is 0 Å². The van der Waals surface area contributed by atoms with Gasteiger partial charge in [0.2, 0.25) is 17.7 Å². The zero-order valence-corrected chi connectivity index (χ0v) is 20.0. The summed E-state index contributed by atoms with van der Waals surface area (Å²) in [7, 11) is 0. The molecule has 10 N–H and O–H groups in total. The van der Waals surface area contributed by atoms with Crippen molar-refractivity contribution >= 4 is 46.5 Å². The van der Waals surface area contributed by atoms with Crippen LogP contribution in [-0.4, -0.2) is 91.8 Å². The number of amides is 3. The Morgan fingerprint density at radius 3 is 2.05 bits per heavy atom. The number of benzene rings is 1. The highest BCUT2D eigenvalue weighted by atomic mass is 16.4. The number of para-hydroxylation sites is 1. The zero-order valence-electron chi connectivity index (χ0n) is 20.0. The molecule has 0 spiro atoms. The predicted molar refractivity (Wildman–Crippen MR) is 130 cm³/mol. The minimum atomic E-state index is -1.82. The Kier molecular flexibility index (Phi) is 10.7. The monoisotopic (exact) mass is 535 g/mol. The number of aliphatic hydroxyl groups excluding tert-OH is 1. The zero-order chi connectivity index (χ0) is 28.4. The lowest BCUT2D eigenvalue weighted by Gasteiger charge is -2.24. The number of carboxylic acid groups (broad SMARTS) is 3. The molecule has 2 rings (SSSR count). The van der Waals surface area contributed by atoms with Crippen LogP contribution in [0.1, 0.15) is 24.8 Å². The third-order valence-corrected chi connectivity index (χ3v) is 5.55. The van der Waals surface area contributed by atoms with Crippen LogP contribution in [-0.2, 0) is 35.2 Å². The SMILES string of the molecule is NC(CCC(=O)O)C(=O)NC(Cc1c[nH]c2ccccc12)C(=O)NC(CO)C(=O)NC(CC(=O)O)C(=O)O. The summed E-state index contributed by atoms with van der Waals surface area (Å²) in [6.07, 6.45) is -0.0162. The van der Waals surface area contributed by atoms with Gasteiger partial charge in [0.25, 0.3) is 0 Å². The first-order valence-corrected chi connectivity index (χ1v) is 11.4. The quantitative estimate of drug-likeness (QED) is 0.119. The third kappa shape index (κ3) is 8.56. The molecule has 15 heteroatoms. The molecule has 15 nitrogen and oxygen atoms in total. The Bertz CT molecular complexity index is 1200. The molecule has 0 saturated carbocycles. The van der Waals surface area contributed by atoms with E-state index in [4.69, 9.17) is 21.1 Å². The molecule has 4 unspecified atom stereocenters. The lowest BCUT2D eigenvalue weighted by atomic mass is 10.0. The highest BCUT2D eigenvalue weighted by molar-refractivity contribution is 5.95. The number of H-pyrrole nitrogens is 1. The topological polar surface area (TPSA) is 261 Å². The maximum Gasteiger partial charge on any atom is 0.326 e. The van der Waals surface area contributed by atoms with Crippen molar-refractivity contribution in [3.8, 4) is 0 Å². The van der Waals surface area contributed by atoms with Crippen LogP contribution < -0.4 is 21.7 Å². The van der Waals surface area contributed by atoms with E-state index in [1.54, 1.807) is 30.5 Å². The van der Waals surface area contributed by atoms with Crippen LogP contribution in [0.25, 0.3) is 10.9 Å². The van der Waals surface area contributed by atoms with Gasteiger partial charge < -0.3 is 47.1 Å². The number of rotatable bonds is 15. The molecule has 0 saturated heterocycles. The highest BCUT2D eigenvalue weighted by Crippen LogP contribution is 2.19. The van der Waals surface area contributed by atoms with Crippen LogP contribution in [0.4, 0.5) is 0 Å². The second-order valence-electron chi connectivity index (χ2n) is 8.40. The average Bonchev–Trinajstić information content (AvgIpc) is 3.27. The first-order chi connectivity index (χ1) is 17.9. The molecule has 0 bridgehead atoms. The van der Waals surface area contributed by atoms with Gasteiger partial charge in [0.1, 0.15) is 18.1 Å². The number of nitrogens with one attached hydrogen (secondary N) is 4. The van der Waals surface area contributed by atoms with Crippen molar-refractivity contribution in [2.45, 2.75) is 49.9 Å². The molecule has 1 heterocycles. The minimum Gasteiger partial charge on any atom is -0.481 e. The van der Waals surface area contributed by atoms with Gasteiger partial charge in [-0.15, -0.1) is 0 Å². The molecule has 3 amide bonds. The number of aromatic nitrogens is 1. The summed E-state index contributed by atoms with van der Waals surface area (Å²) in [5.74, 6) is -7.23. The largest absolute Gasteiger partial charge is 0.481 e. The van der Waals surface area contributed by atoms with E-state index in [9.17, 15) is 33.9 Å². The van der Waals surface area contributed by atoms with Crippen molar-refractivity contribution in [3.05, 3.63) is 36.0 Å². The van der Waals surface area contributed by atoms with E-state index < -0.39 is 72.8 Å². The van der Waals surface area contributed by atoms with Gasteiger partial charge in [-0.2, -0.15) is 0 Å². The average molecular weight is 536 g/mol. The summed E-state index contributed by atoms with van der Waals surface area (Å²) < 4.78 is 0. The molecule has 4 atom stereocenters. The maximum atomic E-state index is 13.1. The Morgan fingerprint density at radius 1 is 0.842 bits per heavy atom. The number of carboxylic acids is 3. The molecule has 0 aliphatic heterocycles. The van der Waals surface area contributed by atoms with Gasteiger partial charge in [-0.05, 0) is 18.1 Å². The molecule has 1 aromatic carbocycles. The molecule has 0 aliphatic carbocycles. The van der Waals surface area contributed by atoms with Crippen LogP contribution in [0.5, 0.6) is 0 Å². The second-order valence-corrected chi connectivity index (χ2v) is 8.40. The molecule has 206 valence electrons. The number of aliphatic carboxylic acids is 3. The van der Waals surface area contributed by atoms with Crippen molar-refractivity contribution in [3.63, 3.8) is 0 Å². The summed E-state index contributed by atoms with van der Waals surface area (Å²) in [5.41, 5.74) is 7.11. The van der Waals surface area contributed by atoms with Crippen molar-refractivity contribution in [1.82, 2.24) is 20.9 Å². The predicted octanol–water partition coefficient (Wildman–Crippen LogP) is -2.09. The number of aliphatic hydroxyl groups is 1.